The second-order valence-electron chi connectivity index (χ2n) is 8.57. The molecule has 0 amide bonds. The number of ether oxygens (including phenoxy) is 3. The van der Waals surface area contributed by atoms with Crippen molar-refractivity contribution in [3.63, 3.8) is 0 Å². The molecule has 2 bridgehead atoms. The molecule has 0 radical (unpaired) electrons. The zero-order valence-electron chi connectivity index (χ0n) is 15.6. The van der Waals surface area contributed by atoms with Gasteiger partial charge in [0.15, 0.2) is 6.29 Å². The maximum atomic E-state index is 12.4. The molecule has 4 rings (SSSR count). The smallest absolute Gasteiger partial charge is 0.310 e. The minimum atomic E-state index is -0.991. The van der Waals surface area contributed by atoms with E-state index in [1.54, 1.807) is 0 Å². The Kier molecular flexibility index (Phi) is 4.99. The van der Waals surface area contributed by atoms with Crippen LogP contribution in [0.1, 0.15) is 58.8 Å². The zero-order chi connectivity index (χ0) is 18.4. The Morgan fingerprint density at radius 1 is 1.27 bits per heavy atom. The Balaban J connectivity index is 1.48. The quantitative estimate of drug-likeness (QED) is 0.574. The highest BCUT2D eigenvalue weighted by atomic mass is 16.6. The van der Waals surface area contributed by atoms with Gasteiger partial charge in [-0.25, -0.2) is 0 Å². The number of esters is 2. The van der Waals surface area contributed by atoms with Crippen molar-refractivity contribution < 1.29 is 28.9 Å². The lowest BCUT2D eigenvalue weighted by Crippen LogP contribution is -2.46. The molecule has 0 aromatic rings. The summed E-state index contributed by atoms with van der Waals surface area (Å²) >= 11 is 0. The normalized spacial score (nSPS) is 41.1. The summed E-state index contributed by atoms with van der Waals surface area (Å²) in [6, 6.07) is 0. The predicted octanol–water partition coefficient (Wildman–Crippen LogP) is 2.42. The van der Waals surface area contributed by atoms with Gasteiger partial charge in [-0.2, -0.15) is 0 Å². The second-order valence-corrected chi connectivity index (χ2v) is 8.57. The molecule has 0 aromatic carbocycles. The number of aliphatic hydroxyl groups is 1. The van der Waals surface area contributed by atoms with Crippen molar-refractivity contribution in [3.8, 4) is 0 Å². The van der Waals surface area contributed by atoms with Crippen molar-refractivity contribution in [1.82, 2.24) is 0 Å². The second kappa shape index (κ2) is 7.12. The number of fused-ring (bicyclic) bond motifs is 1. The standard InChI is InChI=1S/C20H30O6/c1-3-10(2)18(21)25-16-12-9-13-15(20(23)26-17(13)16)14(12)19(22)24-11-7-5-4-6-8-11/h10-17,19,22H,3-9H2,1-2H3. The van der Waals surface area contributed by atoms with Gasteiger partial charge < -0.3 is 19.3 Å². The van der Waals surface area contributed by atoms with E-state index in [1.807, 2.05) is 13.8 Å². The molecule has 8 atom stereocenters. The summed E-state index contributed by atoms with van der Waals surface area (Å²) in [5.41, 5.74) is 0. The van der Waals surface area contributed by atoms with Crippen molar-refractivity contribution in [2.75, 3.05) is 0 Å². The van der Waals surface area contributed by atoms with Crippen LogP contribution in [0.15, 0.2) is 0 Å². The molecule has 3 aliphatic carbocycles. The Labute approximate surface area is 154 Å². The van der Waals surface area contributed by atoms with Crippen LogP contribution in [0, 0.1) is 29.6 Å². The van der Waals surface area contributed by atoms with Crippen LogP contribution in [0.3, 0.4) is 0 Å². The highest BCUT2D eigenvalue weighted by Crippen LogP contribution is 2.59. The Bertz CT molecular complexity index is 557. The van der Waals surface area contributed by atoms with Crippen LogP contribution in [-0.2, 0) is 23.8 Å². The van der Waals surface area contributed by atoms with E-state index >= 15 is 0 Å². The van der Waals surface area contributed by atoms with Crippen LogP contribution < -0.4 is 0 Å². The third kappa shape index (κ3) is 2.95. The lowest BCUT2D eigenvalue weighted by molar-refractivity contribution is -0.201. The Hall–Kier alpha value is -1.14. The number of rotatable bonds is 6. The summed E-state index contributed by atoms with van der Waals surface area (Å²) in [4.78, 5) is 24.7. The molecule has 6 nitrogen and oxygen atoms in total. The summed E-state index contributed by atoms with van der Waals surface area (Å²) in [5, 5.41) is 10.8. The van der Waals surface area contributed by atoms with Gasteiger partial charge in [-0.3, -0.25) is 9.59 Å². The number of hydrogen-bond acceptors (Lipinski definition) is 6. The number of hydrogen-bond donors (Lipinski definition) is 1. The van der Waals surface area contributed by atoms with Gasteiger partial charge in [0.2, 0.25) is 0 Å². The molecular weight excluding hydrogens is 336 g/mol. The van der Waals surface area contributed by atoms with Crippen molar-refractivity contribution in [3.05, 3.63) is 0 Å². The average Bonchev–Trinajstić information content (AvgIpc) is 3.25. The molecule has 8 unspecified atom stereocenters. The summed E-state index contributed by atoms with van der Waals surface area (Å²) < 4.78 is 17.3. The van der Waals surface area contributed by atoms with Gasteiger partial charge >= 0.3 is 11.9 Å². The predicted molar refractivity (Wildman–Crippen MR) is 91.8 cm³/mol. The van der Waals surface area contributed by atoms with Gasteiger partial charge in [0.1, 0.15) is 12.2 Å². The van der Waals surface area contributed by atoms with E-state index in [0.717, 1.165) is 32.1 Å². The van der Waals surface area contributed by atoms with Gasteiger partial charge in [-0.15, -0.1) is 0 Å². The van der Waals surface area contributed by atoms with Gasteiger partial charge in [0, 0.05) is 17.8 Å². The van der Waals surface area contributed by atoms with Crippen molar-refractivity contribution in [2.45, 2.75) is 83.4 Å². The van der Waals surface area contributed by atoms with E-state index in [1.165, 1.54) is 6.42 Å². The first-order valence-electron chi connectivity index (χ1n) is 10.3. The third-order valence-electron chi connectivity index (χ3n) is 7.09. The first-order valence-corrected chi connectivity index (χ1v) is 10.3. The molecule has 4 fully saturated rings. The van der Waals surface area contributed by atoms with Gasteiger partial charge in [0.25, 0.3) is 0 Å². The molecule has 4 aliphatic rings. The monoisotopic (exact) mass is 366 g/mol. The number of carbonyl (C=O) groups excluding carboxylic acids is 2. The van der Waals surface area contributed by atoms with Crippen LogP contribution in [0.4, 0.5) is 0 Å². The Morgan fingerprint density at radius 2 is 2.00 bits per heavy atom. The fourth-order valence-corrected chi connectivity index (χ4v) is 5.50. The number of aliphatic hydroxyl groups excluding tert-OH is 1. The fourth-order valence-electron chi connectivity index (χ4n) is 5.50. The summed E-state index contributed by atoms with van der Waals surface area (Å²) in [7, 11) is 0. The SMILES string of the molecule is CCC(C)C(=O)OC1C2CC3C1OC(=O)C3C2C(O)OC1CCCCC1. The average molecular weight is 366 g/mol. The molecule has 3 saturated carbocycles. The lowest BCUT2D eigenvalue weighted by Gasteiger charge is -2.36. The highest BCUT2D eigenvalue weighted by molar-refractivity contribution is 5.78. The van der Waals surface area contributed by atoms with E-state index in [2.05, 4.69) is 0 Å². The van der Waals surface area contributed by atoms with Crippen LogP contribution in [-0.4, -0.2) is 41.6 Å². The molecule has 146 valence electrons. The van der Waals surface area contributed by atoms with Crippen LogP contribution in [0.5, 0.6) is 0 Å². The van der Waals surface area contributed by atoms with Gasteiger partial charge in [0.05, 0.1) is 17.9 Å². The molecule has 0 spiro atoms. The lowest BCUT2D eigenvalue weighted by atomic mass is 9.78. The molecule has 6 heteroatoms. The molecule has 1 N–H and O–H groups in total. The van der Waals surface area contributed by atoms with Crippen molar-refractivity contribution >= 4 is 11.9 Å². The largest absolute Gasteiger partial charge is 0.458 e. The van der Waals surface area contributed by atoms with Crippen LogP contribution in [0.25, 0.3) is 0 Å². The van der Waals surface area contributed by atoms with Crippen LogP contribution >= 0.6 is 0 Å². The molecular formula is C20H30O6. The molecule has 26 heavy (non-hydrogen) atoms. The fraction of sp³-hybridized carbons (Fsp3) is 0.900. The van der Waals surface area contributed by atoms with Gasteiger partial charge in [-0.1, -0.05) is 33.1 Å². The maximum absolute atomic E-state index is 12.4. The number of carbonyl (C=O) groups is 2. The van der Waals surface area contributed by atoms with E-state index < -0.39 is 12.4 Å². The summed E-state index contributed by atoms with van der Waals surface area (Å²) in [5.74, 6) is -1.36. The maximum Gasteiger partial charge on any atom is 0.310 e. The Morgan fingerprint density at radius 3 is 2.69 bits per heavy atom. The van der Waals surface area contributed by atoms with Gasteiger partial charge in [-0.05, 0) is 25.7 Å². The summed E-state index contributed by atoms with van der Waals surface area (Å²) in [6.45, 7) is 3.79. The van der Waals surface area contributed by atoms with Crippen molar-refractivity contribution in [2.24, 2.45) is 29.6 Å². The van der Waals surface area contributed by atoms with E-state index in [0.29, 0.717) is 6.42 Å². The highest BCUT2D eigenvalue weighted by Gasteiger charge is 2.69. The molecule has 1 heterocycles. The molecule has 0 aromatic heterocycles. The minimum Gasteiger partial charge on any atom is -0.458 e. The minimum absolute atomic E-state index is 0.0387. The van der Waals surface area contributed by atoms with E-state index in [4.69, 9.17) is 14.2 Å². The first kappa shape index (κ1) is 18.2. The topological polar surface area (TPSA) is 82.1 Å². The summed E-state index contributed by atoms with van der Waals surface area (Å²) in [6.07, 6.45) is 5.13. The first-order chi connectivity index (χ1) is 12.5. The molecule has 1 aliphatic heterocycles. The molecule has 1 saturated heterocycles. The van der Waals surface area contributed by atoms with Crippen LogP contribution in [0.2, 0.25) is 0 Å². The zero-order valence-corrected chi connectivity index (χ0v) is 15.6. The third-order valence-corrected chi connectivity index (χ3v) is 7.09. The van der Waals surface area contributed by atoms with E-state index in [-0.39, 0.29) is 53.7 Å². The van der Waals surface area contributed by atoms with E-state index in [9.17, 15) is 14.7 Å². The van der Waals surface area contributed by atoms with Crippen molar-refractivity contribution in [1.29, 1.82) is 0 Å².